The molecule has 1 rings (SSSR count). The van der Waals surface area contributed by atoms with Crippen molar-refractivity contribution >= 4 is 14.3 Å². The molecule has 18 heavy (non-hydrogen) atoms. The van der Waals surface area contributed by atoms with Crippen LogP contribution < -0.4 is 4.43 Å². The van der Waals surface area contributed by atoms with Gasteiger partial charge in [0.25, 0.3) is 0 Å². The van der Waals surface area contributed by atoms with E-state index in [9.17, 15) is 4.79 Å². The Morgan fingerprint density at radius 2 is 1.78 bits per heavy atom. The lowest BCUT2D eigenvalue weighted by Crippen LogP contribution is -2.39. The summed E-state index contributed by atoms with van der Waals surface area (Å²) < 4.78 is 11.7. The van der Waals surface area contributed by atoms with Gasteiger partial charge in [0, 0.05) is 12.2 Å². The lowest BCUT2D eigenvalue weighted by molar-refractivity contribution is 0.101. The Balaban J connectivity index is 2.63. The van der Waals surface area contributed by atoms with Crippen LogP contribution >= 0.6 is 0 Å². The van der Waals surface area contributed by atoms with Crippen LogP contribution in [0.1, 0.15) is 31.1 Å². The first kappa shape index (κ1) is 14.9. The SMILES string of the molecule is CC(=O)c1ccc(O[Si](C)(C)OCC(C)C)cc1. The van der Waals surface area contributed by atoms with E-state index in [1.165, 1.54) is 0 Å². The van der Waals surface area contributed by atoms with Crippen molar-refractivity contribution < 1.29 is 13.6 Å². The molecule has 0 aliphatic carbocycles. The van der Waals surface area contributed by atoms with E-state index in [1.807, 2.05) is 25.2 Å². The molecule has 0 bridgehead atoms. The van der Waals surface area contributed by atoms with Crippen LogP contribution in [0, 0.1) is 5.92 Å². The van der Waals surface area contributed by atoms with Gasteiger partial charge in [-0.1, -0.05) is 13.8 Å². The molecule has 0 fully saturated rings. The minimum Gasteiger partial charge on any atom is -0.520 e. The van der Waals surface area contributed by atoms with Gasteiger partial charge < -0.3 is 8.85 Å². The van der Waals surface area contributed by atoms with Crippen molar-refractivity contribution in [3.8, 4) is 5.75 Å². The molecule has 3 nitrogen and oxygen atoms in total. The van der Waals surface area contributed by atoms with E-state index in [0.717, 1.165) is 5.75 Å². The Labute approximate surface area is 110 Å². The van der Waals surface area contributed by atoms with Crippen LogP contribution in [0.5, 0.6) is 5.75 Å². The van der Waals surface area contributed by atoms with Gasteiger partial charge in [-0.15, -0.1) is 0 Å². The van der Waals surface area contributed by atoms with Gasteiger partial charge in [-0.05, 0) is 50.2 Å². The molecule has 0 saturated heterocycles. The van der Waals surface area contributed by atoms with Crippen LogP contribution in [-0.2, 0) is 4.43 Å². The van der Waals surface area contributed by atoms with E-state index in [2.05, 4.69) is 13.8 Å². The quantitative estimate of drug-likeness (QED) is 0.582. The second kappa shape index (κ2) is 6.16. The van der Waals surface area contributed by atoms with Gasteiger partial charge in [0.15, 0.2) is 5.78 Å². The third-order valence-electron chi connectivity index (χ3n) is 2.39. The second-order valence-corrected chi connectivity index (χ2v) is 8.58. The number of carbonyl (C=O) groups excluding carboxylic acids is 1. The summed E-state index contributed by atoms with van der Waals surface area (Å²) in [5.41, 5.74) is 0.699. The molecule has 1 aromatic carbocycles. The van der Waals surface area contributed by atoms with Gasteiger partial charge in [0.05, 0.1) is 0 Å². The van der Waals surface area contributed by atoms with E-state index in [0.29, 0.717) is 18.1 Å². The molecule has 0 unspecified atom stereocenters. The molecular weight excluding hydrogens is 244 g/mol. The molecule has 0 saturated carbocycles. The van der Waals surface area contributed by atoms with Crippen molar-refractivity contribution in [3.05, 3.63) is 29.8 Å². The predicted molar refractivity (Wildman–Crippen MR) is 75.3 cm³/mol. The molecule has 0 spiro atoms. The van der Waals surface area contributed by atoms with E-state index in [-0.39, 0.29) is 5.78 Å². The van der Waals surface area contributed by atoms with E-state index in [1.54, 1.807) is 19.1 Å². The van der Waals surface area contributed by atoms with Crippen LogP contribution in [-0.4, -0.2) is 21.0 Å². The molecule has 4 heteroatoms. The summed E-state index contributed by atoms with van der Waals surface area (Å²) in [6, 6.07) is 7.21. The molecule has 0 N–H and O–H groups in total. The zero-order valence-electron chi connectivity index (χ0n) is 11.8. The Bertz CT molecular complexity index is 396. The van der Waals surface area contributed by atoms with Crippen molar-refractivity contribution in [1.82, 2.24) is 0 Å². The number of Topliss-reactive ketones (excluding diaryl/α,β-unsaturated/α-hetero) is 1. The standard InChI is InChI=1S/C14H22O3Si/c1-11(2)10-16-18(4,5)17-14-8-6-13(7-9-14)12(3)15/h6-9,11H,10H2,1-5H3. The summed E-state index contributed by atoms with van der Waals surface area (Å²) in [5, 5.41) is 0. The summed E-state index contributed by atoms with van der Waals surface area (Å²) >= 11 is 0. The fourth-order valence-corrected chi connectivity index (χ4v) is 2.94. The predicted octanol–water partition coefficient (Wildman–Crippen LogP) is 3.64. The zero-order chi connectivity index (χ0) is 13.8. The molecule has 0 aliphatic rings. The third-order valence-corrected chi connectivity index (χ3v) is 3.98. The summed E-state index contributed by atoms with van der Waals surface area (Å²) in [7, 11) is -2.14. The highest BCUT2D eigenvalue weighted by molar-refractivity contribution is 6.65. The van der Waals surface area contributed by atoms with E-state index < -0.39 is 8.56 Å². The van der Waals surface area contributed by atoms with Crippen LogP contribution in [0.3, 0.4) is 0 Å². The number of benzene rings is 1. The number of rotatable bonds is 6. The molecule has 100 valence electrons. The van der Waals surface area contributed by atoms with Crippen LogP contribution in [0.15, 0.2) is 24.3 Å². The smallest absolute Gasteiger partial charge is 0.392 e. The molecule has 0 aromatic heterocycles. The lowest BCUT2D eigenvalue weighted by Gasteiger charge is -2.24. The van der Waals surface area contributed by atoms with Crippen LogP contribution in [0.25, 0.3) is 0 Å². The number of hydrogen-bond donors (Lipinski definition) is 0. The van der Waals surface area contributed by atoms with Crippen molar-refractivity contribution in [1.29, 1.82) is 0 Å². The maximum absolute atomic E-state index is 11.2. The summed E-state index contributed by atoms with van der Waals surface area (Å²) in [6.07, 6.45) is 0. The third kappa shape index (κ3) is 5.02. The van der Waals surface area contributed by atoms with Gasteiger partial charge in [0.1, 0.15) is 5.75 Å². The minimum absolute atomic E-state index is 0.0640. The first-order chi connectivity index (χ1) is 8.30. The molecule has 0 amide bonds. The molecule has 0 aliphatic heterocycles. The summed E-state index contributed by atoms with van der Waals surface area (Å²) in [4.78, 5) is 11.2. The lowest BCUT2D eigenvalue weighted by atomic mass is 10.1. The Morgan fingerprint density at radius 1 is 1.22 bits per heavy atom. The average Bonchev–Trinajstić information content (AvgIpc) is 2.27. The van der Waals surface area contributed by atoms with Crippen LogP contribution in [0.2, 0.25) is 13.1 Å². The molecule has 0 radical (unpaired) electrons. The van der Waals surface area contributed by atoms with Crippen molar-refractivity contribution in [3.63, 3.8) is 0 Å². The van der Waals surface area contributed by atoms with E-state index in [4.69, 9.17) is 8.85 Å². The van der Waals surface area contributed by atoms with Gasteiger partial charge in [-0.2, -0.15) is 0 Å². The normalized spacial score (nSPS) is 11.7. The second-order valence-electron chi connectivity index (χ2n) is 5.29. The maximum Gasteiger partial charge on any atom is 0.392 e. The van der Waals surface area contributed by atoms with Gasteiger partial charge in [-0.3, -0.25) is 4.79 Å². The summed E-state index contributed by atoms with van der Waals surface area (Å²) in [5.74, 6) is 1.33. The molecule has 0 heterocycles. The van der Waals surface area contributed by atoms with E-state index >= 15 is 0 Å². The van der Waals surface area contributed by atoms with Gasteiger partial charge in [-0.25, -0.2) is 0 Å². The number of carbonyl (C=O) groups is 1. The highest BCUT2D eigenvalue weighted by atomic mass is 28.4. The largest absolute Gasteiger partial charge is 0.520 e. The Morgan fingerprint density at radius 3 is 2.22 bits per heavy atom. The first-order valence-corrected chi connectivity index (χ1v) is 9.06. The summed E-state index contributed by atoms with van der Waals surface area (Å²) in [6.45, 7) is 10.5. The topological polar surface area (TPSA) is 35.5 Å². The number of ketones is 1. The highest BCUT2D eigenvalue weighted by Crippen LogP contribution is 2.18. The first-order valence-electron chi connectivity index (χ1n) is 6.24. The fraction of sp³-hybridized carbons (Fsp3) is 0.500. The zero-order valence-corrected chi connectivity index (χ0v) is 12.8. The monoisotopic (exact) mass is 266 g/mol. The van der Waals surface area contributed by atoms with Crippen molar-refractivity contribution in [2.24, 2.45) is 5.92 Å². The van der Waals surface area contributed by atoms with Crippen molar-refractivity contribution in [2.75, 3.05) is 6.61 Å². The van der Waals surface area contributed by atoms with Gasteiger partial charge in [0.2, 0.25) is 0 Å². The Hall–Kier alpha value is -1.13. The molecular formula is C14H22O3Si. The van der Waals surface area contributed by atoms with Crippen LogP contribution in [0.4, 0.5) is 0 Å². The molecule has 1 aromatic rings. The fourth-order valence-electron chi connectivity index (χ4n) is 1.44. The highest BCUT2D eigenvalue weighted by Gasteiger charge is 2.27. The average molecular weight is 266 g/mol. The number of hydrogen-bond acceptors (Lipinski definition) is 3. The Kier molecular flexibility index (Phi) is 5.11. The minimum atomic E-state index is -2.14. The van der Waals surface area contributed by atoms with Crippen molar-refractivity contribution in [2.45, 2.75) is 33.9 Å². The maximum atomic E-state index is 11.2. The molecule has 0 atom stereocenters. The van der Waals surface area contributed by atoms with Gasteiger partial charge >= 0.3 is 8.56 Å².